The maximum absolute atomic E-state index is 11.7. The third kappa shape index (κ3) is 7.88. The Labute approximate surface area is 125 Å². The van der Waals surface area contributed by atoms with Crippen LogP contribution < -0.4 is 16.4 Å². The second-order valence-corrected chi connectivity index (χ2v) is 4.24. The molecule has 0 saturated heterocycles. The number of ether oxygens (including phenoxy) is 1. The van der Waals surface area contributed by atoms with E-state index in [0.29, 0.717) is 44.4 Å². The van der Waals surface area contributed by atoms with E-state index in [1.807, 2.05) is 6.92 Å². The molecule has 0 aliphatic rings. The van der Waals surface area contributed by atoms with E-state index in [1.165, 1.54) is 6.20 Å². The van der Waals surface area contributed by atoms with Crippen LogP contribution in [-0.4, -0.2) is 49.7 Å². The molecule has 4 N–H and O–H groups in total. The lowest BCUT2D eigenvalue weighted by atomic mass is 10.3. The number of amides is 1. The van der Waals surface area contributed by atoms with Gasteiger partial charge in [-0.25, -0.2) is 0 Å². The number of aliphatic imine (C=N–C) groups is 1. The monoisotopic (exact) mass is 293 g/mol. The third-order valence-electron chi connectivity index (χ3n) is 2.57. The zero-order valence-corrected chi connectivity index (χ0v) is 12.3. The quantitative estimate of drug-likeness (QED) is 0.341. The Kier molecular flexibility index (Phi) is 8.54. The molecule has 7 nitrogen and oxygen atoms in total. The molecule has 1 aromatic heterocycles. The number of rotatable bonds is 9. The van der Waals surface area contributed by atoms with E-state index in [-0.39, 0.29) is 5.91 Å². The smallest absolute Gasteiger partial charge is 0.252 e. The van der Waals surface area contributed by atoms with Gasteiger partial charge in [0.05, 0.1) is 5.56 Å². The number of pyridine rings is 1. The SMILES string of the molecule is CCOCCCN=C(N)NCCNC(=O)c1cccnc1. The normalized spacial score (nSPS) is 11.2. The number of nitrogens with one attached hydrogen (secondary N) is 2. The van der Waals surface area contributed by atoms with Gasteiger partial charge in [-0.1, -0.05) is 0 Å². The largest absolute Gasteiger partial charge is 0.382 e. The minimum Gasteiger partial charge on any atom is -0.382 e. The lowest BCUT2D eigenvalue weighted by Gasteiger charge is -2.07. The van der Waals surface area contributed by atoms with E-state index in [2.05, 4.69) is 20.6 Å². The van der Waals surface area contributed by atoms with Gasteiger partial charge in [0, 0.05) is 45.2 Å². The Balaban J connectivity index is 2.10. The summed E-state index contributed by atoms with van der Waals surface area (Å²) < 4.78 is 5.20. The van der Waals surface area contributed by atoms with Crippen molar-refractivity contribution in [1.29, 1.82) is 0 Å². The number of hydrogen-bond donors (Lipinski definition) is 3. The molecule has 0 fully saturated rings. The molecule has 116 valence electrons. The molecule has 0 unspecified atom stereocenters. The first-order chi connectivity index (χ1) is 10.2. The fourth-order valence-electron chi connectivity index (χ4n) is 1.53. The molecule has 1 aromatic rings. The molecule has 21 heavy (non-hydrogen) atoms. The van der Waals surface area contributed by atoms with Crippen LogP contribution in [0.4, 0.5) is 0 Å². The average Bonchev–Trinajstić information content (AvgIpc) is 2.52. The van der Waals surface area contributed by atoms with E-state index < -0.39 is 0 Å². The highest BCUT2D eigenvalue weighted by Gasteiger charge is 2.03. The molecule has 0 saturated carbocycles. The van der Waals surface area contributed by atoms with Crippen molar-refractivity contribution in [2.45, 2.75) is 13.3 Å². The molecule has 1 amide bonds. The average molecular weight is 293 g/mol. The summed E-state index contributed by atoms with van der Waals surface area (Å²) in [7, 11) is 0. The first-order valence-electron chi connectivity index (χ1n) is 7.03. The van der Waals surface area contributed by atoms with Gasteiger partial charge in [0.15, 0.2) is 5.96 Å². The molecule has 7 heteroatoms. The van der Waals surface area contributed by atoms with Crippen LogP contribution in [0.15, 0.2) is 29.5 Å². The number of nitrogens with zero attached hydrogens (tertiary/aromatic N) is 2. The summed E-state index contributed by atoms with van der Waals surface area (Å²) >= 11 is 0. The Morgan fingerprint density at radius 3 is 2.95 bits per heavy atom. The van der Waals surface area contributed by atoms with E-state index in [4.69, 9.17) is 10.5 Å². The molecule has 0 atom stereocenters. The van der Waals surface area contributed by atoms with Gasteiger partial charge >= 0.3 is 0 Å². The zero-order chi connectivity index (χ0) is 15.3. The van der Waals surface area contributed by atoms with Crippen molar-refractivity contribution in [1.82, 2.24) is 15.6 Å². The first-order valence-corrected chi connectivity index (χ1v) is 7.03. The van der Waals surface area contributed by atoms with E-state index >= 15 is 0 Å². The van der Waals surface area contributed by atoms with E-state index in [0.717, 1.165) is 6.42 Å². The minimum atomic E-state index is -0.155. The van der Waals surface area contributed by atoms with Gasteiger partial charge in [0.2, 0.25) is 0 Å². The molecule has 1 heterocycles. The fraction of sp³-hybridized carbons (Fsp3) is 0.500. The van der Waals surface area contributed by atoms with Crippen LogP contribution in [0.5, 0.6) is 0 Å². The standard InChI is InChI=1S/C14H23N5O2/c1-2-21-10-4-7-18-14(15)19-9-8-17-13(20)12-5-3-6-16-11-12/h3,5-6,11H,2,4,7-10H2,1H3,(H,17,20)(H3,15,18,19). The second-order valence-electron chi connectivity index (χ2n) is 4.24. The van der Waals surface area contributed by atoms with Crippen molar-refractivity contribution >= 4 is 11.9 Å². The maximum atomic E-state index is 11.7. The summed E-state index contributed by atoms with van der Waals surface area (Å²) in [4.78, 5) is 19.8. The molecule has 0 radical (unpaired) electrons. The van der Waals surface area contributed by atoms with Crippen LogP contribution in [0.25, 0.3) is 0 Å². The number of carbonyl (C=O) groups excluding carboxylic acids is 1. The summed E-state index contributed by atoms with van der Waals surface area (Å²) in [6.07, 6.45) is 3.99. The number of carbonyl (C=O) groups is 1. The highest BCUT2D eigenvalue weighted by Crippen LogP contribution is 1.94. The van der Waals surface area contributed by atoms with Crippen molar-refractivity contribution in [3.8, 4) is 0 Å². The Morgan fingerprint density at radius 2 is 2.24 bits per heavy atom. The minimum absolute atomic E-state index is 0.155. The van der Waals surface area contributed by atoms with Gasteiger partial charge in [-0.3, -0.25) is 14.8 Å². The molecule has 0 spiro atoms. The molecular formula is C14H23N5O2. The molecule has 0 aliphatic carbocycles. The predicted octanol–water partition coefficient (Wildman–Crippen LogP) is 0.142. The van der Waals surface area contributed by atoms with Gasteiger partial charge < -0.3 is 21.1 Å². The van der Waals surface area contributed by atoms with Crippen molar-refractivity contribution in [3.63, 3.8) is 0 Å². The zero-order valence-electron chi connectivity index (χ0n) is 12.3. The summed E-state index contributed by atoms with van der Waals surface area (Å²) in [6, 6.07) is 3.43. The fourth-order valence-corrected chi connectivity index (χ4v) is 1.53. The number of guanidine groups is 1. The maximum Gasteiger partial charge on any atom is 0.252 e. The van der Waals surface area contributed by atoms with Crippen LogP contribution in [0.1, 0.15) is 23.7 Å². The lowest BCUT2D eigenvalue weighted by molar-refractivity contribution is 0.0954. The van der Waals surface area contributed by atoms with Gasteiger partial charge in [-0.15, -0.1) is 0 Å². The van der Waals surface area contributed by atoms with Gasteiger partial charge in [-0.2, -0.15) is 0 Å². The number of aromatic nitrogens is 1. The van der Waals surface area contributed by atoms with Gasteiger partial charge in [-0.05, 0) is 25.5 Å². The Morgan fingerprint density at radius 1 is 1.43 bits per heavy atom. The molecule has 1 rings (SSSR count). The van der Waals surface area contributed by atoms with Crippen molar-refractivity contribution in [2.75, 3.05) is 32.8 Å². The number of hydrogen-bond acceptors (Lipinski definition) is 4. The molecule has 0 aromatic carbocycles. The topological polar surface area (TPSA) is 102 Å². The second kappa shape index (κ2) is 10.6. The Bertz CT molecular complexity index is 436. The van der Waals surface area contributed by atoms with Crippen LogP contribution in [-0.2, 0) is 4.74 Å². The first kappa shape index (κ1) is 16.9. The summed E-state index contributed by atoms with van der Waals surface area (Å²) in [5.41, 5.74) is 6.23. The summed E-state index contributed by atoms with van der Waals surface area (Å²) in [5.74, 6) is 0.222. The van der Waals surface area contributed by atoms with E-state index in [1.54, 1.807) is 18.3 Å². The van der Waals surface area contributed by atoms with Crippen LogP contribution >= 0.6 is 0 Å². The molecular weight excluding hydrogens is 270 g/mol. The van der Waals surface area contributed by atoms with Crippen LogP contribution in [0.2, 0.25) is 0 Å². The van der Waals surface area contributed by atoms with Crippen LogP contribution in [0, 0.1) is 0 Å². The van der Waals surface area contributed by atoms with Crippen molar-refractivity contribution in [3.05, 3.63) is 30.1 Å². The third-order valence-corrected chi connectivity index (χ3v) is 2.57. The van der Waals surface area contributed by atoms with Crippen molar-refractivity contribution in [2.24, 2.45) is 10.7 Å². The van der Waals surface area contributed by atoms with Gasteiger partial charge in [0.25, 0.3) is 5.91 Å². The predicted molar refractivity (Wildman–Crippen MR) is 82.2 cm³/mol. The van der Waals surface area contributed by atoms with E-state index in [9.17, 15) is 4.79 Å². The Hall–Kier alpha value is -2.15. The van der Waals surface area contributed by atoms with Crippen LogP contribution in [0.3, 0.4) is 0 Å². The molecule has 0 bridgehead atoms. The lowest BCUT2D eigenvalue weighted by Crippen LogP contribution is -2.38. The highest BCUT2D eigenvalue weighted by atomic mass is 16.5. The summed E-state index contributed by atoms with van der Waals surface area (Å²) in [6.45, 7) is 4.97. The molecule has 0 aliphatic heterocycles. The highest BCUT2D eigenvalue weighted by molar-refractivity contribution is 5.93. The summed E-state index contributed by atoms with van der Waals surface area (Å²) in [5, 5.41) is 5.70. The number of nitrogens with two attached hydrogens (primary N) is 1. The van der Waals surface area contributed by atoms with Crippen molar-refractivity contribution < 1.29 is 9.53 Å². The van der Waals surface area contributed by atoms with Gasteiger partial charge in [0.1, 0.15) is 0 Å².